The molecule has 3 rings (SSSR count). The number of nitrogens with zero attached hydrogens (tertiary/aromatic N) is 1. The van der Waals surface area contributed by atoms with E-state index in [9.17, 15) is 0 Å². The first-order valence-electron chi connectivity index (χ1n) is 6.83. The minimum absolute atomic E-state index is 0.736. The first-order chi connectivity index (χ1) is 10.4. The number of nitrogens with one attached hydrogen (secondary N) is 1. The summed E-state index contributed by atoms with van der Waals surface area (Å²) in [5.41, 5.74) is 4.60. The van der Waals surface area contributed by atoms with Gasteiger partial charge in [0.25, 0.3) is 0 Å². The Balaban J connectivity index is 1.81. The Labute approximate surface area is 128 Å². The van der Waals surface area contributed by atoms with Crippen LogP contribution in [0, 0.1) is 0 Å². The van der Waals surface area contributed by atoms with Gasteiger partial charge in [-0.25, -0.2) is 4.98 Å². The molecule has 3 aromatic rings. The van der Waals surface area contributed by atoms with Gasteiger partial charge in [0.2, 0.25) is 0 Å². The van der Waals surface area contributed by atoms with Crippen molar-refractivity contribution >= 4 is 16.5 Å². The van der Waals surface area contributed by atoms with Crippen LogP contribution < -0.4 is 5.32 Å². The molecular weight excluding hydrogens is 276 g/mol. The molecule has 3 heteroatoms. The van der Waals surface area contributed by atoms with Gasteiger partial charge in [0.05, 0.1) is 5.69 Å². The first kappa shape index (κ1) is 13.6. The van der Waals surface area contributed by atoms with Gasteiger partial charge in [0, 0.05) is 17.5 Å². The van der Waals surface area contributed by atoms with Gasteiger partial charge in [-0.2, -0.15) is 0 Å². The highest BCUT2D eigenvalue weighted by molar-refractivity contribution is 7.14. The van der Waals surface area contributed by atoms with E-state index >= 15 is 0 Å². The molecule has 0 unspecified atom stereocenters. The van der Waals surface area contributed by atoms with Gasteiger partial charge in [-0.1, -0.05) is 60.7 Å². The fraction of sp³-hybridized carbons (Fsp3) is 0.0556. The second-order valence-electron chi connectivity index (χ2n) is 4.65. The maximum Gasteiger partial charge on any atom is 0.183 e. The van der Waals surface area contributed by atoms with Crippen molar-refractivity contribution in [3.8, 4) is 22.4 Å². The van der Waals surface area contributed by atoms with Gasteiger partial charge in [0.15, 0.2) is 5.13 Å². The molecule has 0 aliphatic carbocycles. The molecule has 1 aromatic heterocycles. The summed E-state index contributed by atoms with van der Waals surface area (Å²) in [5, 5.41) is 6.21. The van der Waals surface area contributed by atoms with Gasteiger partial charge in [-0.15, -0.1) is 17.9 Å². The summed E-state index contributed by atoms with van der Waals surface area (Å²) in [6.07, 6.45) is 1.83. The summed E-state index contributed by atoms with van der Waals surface area (Å²) in [7, 11) is 0. The largest absolute Gasteiger partial charge is 0.358 e. The zero-order chi connectivity index (χ0) is 14.5. The van der Waals surface area contributed by atoms with Crippen LogP contribution in [0.25, 0.3) is 22.4 Å². The highest BCUT2D eigenvalue weighted by atomic mass is 32.1. The van der Waals surface area contributed by atoms with Gasteiger partial charge in [-0.3, -0.25) is 0 Å². The van der Waals surface area contributed by atoms with Crippen LogP contribution in [-0.2, 0) is 0 Å². The Hall–Kier alpha value is -2.39. The van der Waals surface area contributed by atoms with E-state index in [0.717, 1.165) is 22.9 Å². The third kappa shape index (κ3) is 3.20. The zero-order valence-electron chi connectivity index (χ0n) is 11.6. The number of benzene rings is 2. The summed E-state index contributed by atoms with van der Waals surface area (Å²) in [5.74, 6) is 0. The average molecular weight is 292 g/mol. The van der Waals surface area contributed by atoms with E-state index in [1.54, 1.807) is 11.3 Å². The minimum Gasteiger partial charge on any atom is -0.358 e. The van der Waals surface area contributed by atoms with Crippen molar-refractivity contribution in [2.24, 2.45) is 0 Å². The van der Waals surface area contributed by atoms with Crippen LogP contribution in [0.3, 0.4) is 0 Å². The molecule has 0 bridgehead atoms. The molecule has 0 amide bonds. The lowest BCUT2D eigenvalue weighted by Gasteiger charge is -2.03. The first-order valence-corrected chi connectivity index (χ1v) is 7.71. The van der Waals surface area contributed by atoms with E-state index in [4.69, 9.17) is 0 Å². The molecule has 0 fully saturated rings. The number of aromatic nitrogens is 1. The minimum atomic E-state index is 0.736. The molecule has 1 N–H and O–H groups in total. The second-order valence-corrected chi connectivity index (χ2v) is 5.51. The molecule has 0 saturated carbocycles. The highest BCUT2D eigenvalue weighted by Gasteiger charge is 2.04. The number of hydrogen-bond acceptors (Lipinski definition) is 3. The molecular formula is C18H16N2S. The summed E-state index contributed by atoms with van der Waals surface area (Å²) in [6, 6.07) is 18.9. The summed E-state index contributed by atoms with van der Waals surface area (Å²) < 4.78 is 0. The maximum atomic E-state index is 4.58. The molecule has 0 spiro atoms. The van der Waals surface area contributed by atoms with E-state index in [0.29, 0.717) is 0 Å². The van der Waals surface area contributed by atoms with Crippen molar-refractivity contribution < 1.29 is 0 Å². The second kappa shape index (κ2) is 6.37. The average Bonchev–Trinajstić information content (AvgIpc) is 3.03. The number of thiazole rings is 1. The Morgan fingerprint density at radius 1 is 0.952 bits per heavy atom. The van der Waals surface area contributed by atoms with Crippen molar-refractivity contribution in [1.29, 1.82) is 0 Å². The Kier molecular flexibility index (Phi) is 4.12. The monoisotopic (exact) mass is 292 g/mol. The Bertz CT molecular complexity index is 714. The molecule has 0 aliphatic rings. The van der Waals surface area contributed by atoms with E-state index < -0.39 is 0 Å². The van der Waals surface area contributed by atoms with Crippen LogP contribution in [0.1, 0.15) is 0 Å². The van der Waals surface area contributed by atoms with Gasteiger partial charge >= 0.3 is 0 Å². The van der Waals surface area contributed by atoms with Crippen LogP contribution in [0.2, 0.25) is 0 Å². The third-order valence-electron chi connectivity index (χ3n) is 3.19. The number of anilines is 1. The van der Waals surface area contributed by atoms with Crippen molar-refractivity contribution in [2.75, 3.05) is 11.9 Å². The smallest absolute Gasteiger partial charge is 0.183 e. The van der Waals surface area contributed by atoms with Crippen LogP contribution in [-0.4, -0.2) is 11.5 Å². The topological polar surface area (TPSA) is 24.9 Å². The normalized spacial score (nSPS) is 10.3. The number of hydrogen-bond donors (Lipinski definition) is 1. The molecule has 0 radical (unpaired) electrons. The van der Waals surface area contributed by atoms with Gasteiger partial charge < -0.3 is 5.32 Å². The summed E-state index contributed by atoms with van der Waals surface area (Å²) >= 11 is 1.61. The van der Waals surface area contributed by atoms with E-state index in [-0.39, 0.29) is 0 Å². The lowest BCUT2D eigenvalue weighted by Crippen LogP contribution is -1.96. The molecule has 2 aromatic carbocycles. The Morgan fingerprint density at radius 2 is 1.62 bits per heavy atom. The molecule has 1 heterocycles. The molecule has 2 nitrogen and oxygen atoms in total. The molecule has 0 aliphatic heterocycles. The Morgan fingerprint density at radius 3 is 2.33 bits per heavy atom. The third-order valence-corrected chi connectivity index (χ3v) is 3.99. The standard InChI is InChI=1S/C18H16N2S/c1-2-12-19-18-20-17(13-21-18)16-10-8-15(9-11-16)14-6-4-3-5-7-14/h2-11,13H,1,12H2,(H,19,20). The predicted molar refractivity (Wildman–Crippen MR) is 91.7 cm³/mol. The quantitative estimate of drug-likeness (QED) is 0.664. The fourth-order valence-electron chi connectivity index (χ4n) is 2.11. The maximum absolute atomic E-state index is 4.58. The van der Waals surface area contributed by atoms with Crippen LogP contribution >= 0.6 is 11.3 Å². The van der Waals surface area contributed by atoms with E-state index in [1.807, 2.05) is 12.1 Å². The lowest BCUT2D eigenvalue weighted by molar-refractivity contribution is 1.29. The summed E-state index contributed by atoms with van der Waals surface area (Å²) in [4.78, 5) is 4.58. The molecule has 104 valence electrons. The highest BCUT2D eigenvalue weighted by Crippen LogP contribution is 2.27. The molecule has 0 saturated heterocycles. The lowest BCUT2D eigenvalue weighted by atomic mass is 10.0. The van der Waals surface area contributed by atoms with Crippen molar-refractivity contribution in [1.82, 2.24) is 4.98 Å². The van der Waals surface area contributed by atoms with E-state index in [1.165, 1.54) is 11.1 Å². The van der Waals surface area contributed by atoms with Gasteiger partial charge in [-0.05, 0) is 11.1 Å². The van der Waals surface area contributed by atoms with Crippen molar-refractivity contribution in [3.05, 3.63) is 72.6 Å². The van der Waals surface area contributed by atoms with Gasteiger partial charge in [0.1, 0.15) is 0 Å². The van der Waals surface area contributed by atoms with Crippen LogP contribution in [0.5, 0.6) is 0 Å². The van der Waals surface area contributed by atoms with Crippen molar-refractivity contribution in [2.45, 2.75) is 0 Å². The summed E-state index contributed by atoms with van der Waals surface area (Å²) in [6.45, 7) is 4.43. The SMILES string of the molecule is C=CCNc1nc(-c2ccc(-c3ccccc3)cc2)cs1. The molecule has 21 heavy (non-hydrogen) atoms. The number of rotatable bonds is 5. The van der Waals surface area contributed by atoms with Crippen LogP contribution in [0.15, 0.2) is 72.6 Å². The van der Waals surface area contributed by atoms with Crippen molar-refractivity contribution in [3.63, 3.8) is 0 Å². The predicted octanol–water partition coefficient (Wildman–Crippen LogP) is 5.08. The van der Waals surface area contributed by atoms with E-state index in [2.05, 4.69) is 70.8 Å². The van der Waals surface area contributed by atoms with Crippen LogP contribution in [0.4, 0.5) is 5.13 Å². The zero-order valence-corrected chi connectivity index (χ0v) is 12.4. The molecule has 0 atom stereocenters. The fourth-order valence-corrected chi connectivity index (χ4v) is 2.84.